The minimum atomic E-state index is -0.222. The number of carbonyl (C=O) groups is 1. The summed E-state index contributed by atoms with van der Waals surface area (Å²) in [6.07, 6.45) is 1.48. The van der Waals surface area contributed by atoms with Crippen LogP contribution in [0.15, 0.2) is 24.3 Å². The van der Waals surface area contributed by atoms with Crippen LogP contribution < -0.4 is 5.73 Å². The fourth-order valence-electron chi connectivity index (χ4n) is 2.25. The number of carbonyl (C=O) groups excluding carboxylic acids is 1. The molecule has 0 radical (unpaired) electrons. The van der Waals surface area contributed by atoms with Gasteiger partial charge in [0.15, 0.2) is 0 Å². The molecule has 1 saturated heterocycles. The number of hydrogen-bond donors (Lipinski definition) is 1. The lowest BCUT2D eigenvalue weighted by Crippen LogP contribution is -2.45. The van der Waals surface area contributed by atoms with Crippen molar-refractivity contribution in [2.45, 2.75) is 32.4 Å². The fraction of sp³-hybridized carbons (Fsp3) is 0.500. The molecular formula is C14H20N2O2. The molecule has 2 N–H and O–H groups in total. The molecule has 1 aromatic rings. The van der Waals surface area contributed by atoms with E-state index in [1.165, 1.54) is 5.56 Å². The van der Waals surface area contributed by atoms with Gasteiger partial charge in [0.1, 0.15) is 0 Å². The largest absolute Gasteiger partial charge is 0.449 e. The number of ether oxygens (including phenoxy) is 1. The van der Waals surface area contributed by atoms with Crippen molar-refractivity contribution in [3.05, 3.63) is 35.4 Å². The summed E-state index contributed by atoms with van der Waals surface area (Å²) in [7, 11) is 0. The lowest BCUT2D eigenvalue weighted by Gasteiger charge is -2.34. The number of cyclic esters (lactones) is 1. The molecule has 1 heterocycles. The second-order valence-electron chi connectivity index (χ2n) is 4.75. The maximum Gasteiger partial charge on any atom is 0.410 e. The zero-order chi connectivity index (χ0) is 13.0. The molecule has 2 rings (SSSR count). The van der Waals surface area contributed by atoms with E-state index in [1.54, 1.807) is 4.90 Å². The van der Waals surface area contributed by atoms with Gasteiger partial charge in [-0.25, -0.2) is 4.79 Å². The molecule has 0 aromatic heterocycles. The summed E-state index contributed by atoms with van der Waals surface area (Å²) in [5.41, 5.74) is 7.95. The molecule has 1 fully saturated rings. The van der Waals surface area contributed by atoms with Crippen LogP contribution >= 0.6 is 0 Å². The Morgan fingerprint density at radius 2 is 2.11 bits per heavy atom. The zero-order valence-electron chi connectivity index (χ0n) is 10.8. The van der Waals surface area contributed by atoms with Crippen LogP contribution in [0.25, 0.3) is 0 Å². The lowest BCUT2D eigenvalue weighted by atomic mass is 10.1. The molecule has 1 atom stereocenters. The third-order valence-corrected chi connectivity index (χ3v) is 3.33. The topological polar surface area (TPSA) is 55.6 Å². The first-order valence-electron chi connectivity index (χ1n) is 6.39. The van der Waals surface area contributed by atoms with Gasteiger partial charge in [-0.1, -0.05) is 29.8 Å². The highest BCUT2D eigenvalue weighted by atomic mass is 16.6. The third kappa shape index (κ3) is 3.01. The molecule has 0 spiro atoms. The number of benzene rings is 1. The van der Waals surface area contributed by atoms with Gasteiger partial charge < -0.3 is 15.4 Å². The van der Waals surface area contributed by atoms with Crippen LogP contribution in [0.5, 0.6) is 0 Å². The highest BCUT2D eigenvalue weighted by Gasteiger charge is 2.28. The Morgan fingerprint density at radius 3 is 2.78 bits per heavy atom. The van der Waals surface area contributed by atoms with Crippen molar-refractivity contribution < 1.29 is 9.53 Å². The van der Waals surface area contributed by atoms with Crippen LogP contribution in [0.2, 0.25) is 0 Å². The number of rotatable bonds is 4. The van der Waals surface area contributed by atoms with Crippen LogP contribution in [0, 0.1) is 6.92 Å². The molecule has 1 amide bonds. The van der Waals surface area contributed by atoms with E-state index >= 15 is 0 Å². The summed E-state index contributed by atoms with van der Waals surface area (Å²) in [6.45, 7) is 3.76. The summed E-state index contributed by atoms with van der Waals surface area (Å²) in [6, 6.07) is 8.43. The van der Waals surface area contributed by atoms with Crippen LogP contribution in [-0.2, 0) is 11.3 Å². The van der Waals surface area contributed by atoms with Crippen molar-refractivity contribution in [1.29, 1.82) is 0 Å². The van der Waals surface area contributed by atoms with E-state index in [2.05, 4.69) is 31.2 Å². The van der Waals surface area contributed by atoms with E-state index in [-0.39, 0.29) is 12.1 Å². The number of amides is 1. The molecule has 0 saturated carbocycles. The van der Waals surface area contributed by atoms with E-state index in [0.29, 0.717) is 19.7 Å². The molecule has 0 bridgehead atoms. The highest BCUT2D eigenvalue weighted by molar-refractivity contribution is 5.68. The minimum absolute atomic E-state index is 0.206. The Hall–Kier alpha value is -1.55. The Kier molecular flexibility index (Phi) is 4.20. The van der Waals surface area contributed by atoms with Gasteiger partial charge in [-0.3, -0.25) is 0 Å². The van der Waals surface area contributed by atoms with Gasteiger partial charge in [0, 0.05) is 19.0 Å². The van der Waals surface area contributed by atoms with E-state index in [9.17, 15) is 4.79 Å². The van der Waals surface area contributed by atoms with E-state index in [4.69, 9.17) is 10.5 Å². The van der Waals surface area contributed by atoms with E-state index in [1.807, 2.05) is 0 Å². The van der Waals surface area contributed by atoms with Crippen molar-refractivity contribution in [2.24, 2.45) is 5.73 Å². The predicted molar refractivity (Wildman–Crippen MR) is 70.1 cm³/mol. The average Bonchev–Trinajstić information content (AvgIpc) is 2.36. The van der Waals surface area contributed by atoms with Crippen LogP contribution in [0.3, 0.4) is 0 Å². The summed E-state index contributed by atoms with van der Waals surface area (Å²) in [4.78, 5) is 13.6. The third-order valence-electron chi connectivity index (χ3n) is 3.33. The smallest absolute Gasteiger partial charge is 0.410 e. The summed E-state index contributed by atoms with van der Waals surface area (Å²) >= 11 is 0. The summed E-state index contributed by atoms with van der Waals surface area (Å²) in [5, 5.41) is 0. The Morgan fingerprint density at radius 1 is 1.39 bits per heavy atom. The molecule has 98 valence electrons. The average molecular weight is 248 g/mol. The van der Waals surface area contributed by atoms with Crippen molar-refractivity contribution in [3.63, 3.8) is 0 Å². The first-order valence-corrected chi connectivity index (χ1v) is 6.39. The highest BCUT2D eigenvalue weighted by Crippen LogP contribution is 2.19. The van der Waals surface area contributed by atoms with Gasteiger partial charge in [0.2, 0.25) is 0 Å². The monoisotopic (exact) mass is 248 g/mol. The second-order valence-corrected chi connectivity index (χ2v) is 4.75. The molecule has 1 unspecified atom stereocenters. The van der Waals surface area contributed by atoms with E-state index < -0.39 is 0 Å². The minimum Gasteiger partial charge on any atom is -0.449 e. The second kappa shape index (κ2) is 5.87. The van der Waals surface area contributed by atoms with Gasteiger partial charge in [-0.15, -0.1) is 0 Å². The maximum atomic E-state index is 11.8. The van der Waals surface area contributed by atoms with Crippen molar-refractivity contribution in [2.75, 3.05) is 13.2 Å². The Labute approximate surface area is 108 Å². The quantitative estimate of drug-likeness (QED) is 0.887. The fourth-order valence-corrected chi connectivity index (χ4v) is 2.25. The maximum absolute atomic E-state index is 11.8. The molecule has 18 heavy (non-hydrogen) atoms. The molecule has 4 nitrogen and oxygen atoms in total. The van der Waals surface area contributed by atoms with Crippen molar-refractivity contribution in [3.8, 4) is 0 Å². The Bertz CT molecular complexity index is 401. The molecule has 1 aliphatic rings. The van der Waals surface area contributed by atoms with Gasteiger partial charge in [0.25, 0.3) is 0 Å². The molecule has 1 aromatic carbocycles. The summed E-state index contributed by atoms with van der Waals surface area (Å²) < 4.78 is 5.11. The Balaban J connectivity index is 2.08. The molecule has 1 aliphatic heterocycles. The first-order chi connectivity index (χ1) is 8.70. The number of hydrogen-bond acceptors (Lipinski definition) is 3. The van der Waals surface area contributed by atoms with Gasteiger partial charge >= 0.3 is 6.09 Å². The summed E-state index contributed by atoms with van der Waals surface area (Å²) in [5.74, 6) is 0. The number of nitrogens with zero attached hydrogens (tertiary/aromatic N) is 1. The molecule has 0 aliphatic carbocycles. The normalized spacial score (nSPS) is 19.8. The SMILES string of the molecule is Cc1ccc(CN2C(=O)OCCC2CCN)cc1. The predicted octanol–water partition coefficient (Wildman–Crippen LogP) is 2.05. The zero-order valence-corrected chi connectivity index (χ0v) is 10.8. The first kappa shape index (κ1) is 12.9. The number of nitrogens with two attached hydrogens (primary N) is 1. The van der Waals surface area contributed by atoms with Crippen molar-refractivity contribution >= 4 is 6.09 Å². The molecule has 4 heteroatoms. The van der Waals surface area contributed by atoms with Crippen molar-refractivity contribution in [1.82, 2.24) is 4.90 Å². The van der Waals surface area contributed by atoms with Gasteiger partial charge in [0.05, 0.1) is 6.61 Å². The van der Waals surface area contributed by atoms with Crippen LogP contribution in [0.1, 0.15) is 24.0 Å². The standard InChI is InChI=1S/C14H20N2O2/c1-11-2-4-12(5-3-11)10-16-13(6-8-15)7-9-18-14(16)17/h2-5,13H,6-10,15H2,1H3. The number of aryl methyl sites for hydroxylation is 1. The van der Waals surface area contributed by atoms with Crippen LogP contribution in [0.4, 0.5) is 4.79 Å². The van der Waals surface area contributed by atoms with Gasteiger partial charge in [-0.05, 0) is 25.5 Å². The molecular weight excluding hydrogens is 228 g/mol. The van der Waals surface area contributed by atoms with Crippen LogP contribution in [-0.4, -0.2) is 30.2 Å². The van der Waals surface area contributed by atoms with E-state index in [0.717, 1.165) is 18.4 Å². The van der Waals surface area contributed by atoms with Gasteiger partial charge in [-0.2, -0.15) is 0 Å². The lowest BCUT2D eigenvalue weighted by molar-refractivity contribution is 0.0388.